The molecule has 0 unspecified atom stereocenters. The van der Waals surface area contributed by atoms with Gasteiger partial charge in [-0.2, -0.15) is 0 Å². The Morgan fingerprint density at radius 1 is 1.04 bits per heavy atom. The van der Waals surface area contributed by atoms with E-state index in [9.17, 15) is 14.4 Å². The van der Waals surface area contributed by atoms with Gasteiger partial charge in [0.15, 0.2) is 11.6 Å². The van der Waals surface area contributed by atoms with Gasteiger partial charge in [0.05, 0.1) is 0 Å². The maximum absolute atomic E-state index is 12.6. The third-order valence-corrected chi connectivity index (χ3v) is 4.01. The van der Waals surface area contributed by atoms with E-state index in [4.69, 9.17) is 4.74 Å². The molecule has 1 amide bonds. The first-order valence-corrected chi connectivity index (χ1v) is 8.56. The van der Waals surface area contributed by atoms with Crippen molar-refractivity contribution in [2.24, 2.45) is 0 Å². The van der Waals surface area contributed by atoms with Crippen LogP contribution in [0.3, 0.4) is 0 Å². The van der Waals surface area contributed by atoms with Crippen LogP contribution in [0.5, 0.6) is 0 Å². The molecule has 0 fully saturated rings. The van der Waals surface area contributed by atoms with Crippen molar-refractivity contribution in [3.05, 3.63) is 46.5 Å². The second-order valence-electron chi connectivity index (χ2n) is 7.19. The smallest absolute Gasteiger partial charge is 0.407 e. The number of carbonyl (C=O) groups excluding carboxylic acids is 3. The number of nitrogens with one attached hydrogen (secondary N) is 1. The average molecular weight is 343 g/mol. The van der Waals surface area contributed by atoms with Gasteiger partial charge in [-0.3, -0.25) is 9.59 Å². The highest BCUT2D eigenvalue weighted by molar-refractivity contribution is 6.26. The van der Waals surface area contributed by atoms with Gasteiger partial charge in [0.25, 0.3) is 0 Å². The molecule has 25 heavy (non-hydrogen) atoms. The summed E-state index contributed by atoms with van der Waals surface area (Å²) in [6.45, 7) is 7.62. The first-order chi connectivity index (χ1) is 11.7. The predicted octanol–water partition coefficient (Wildman–Crippen LogP) is 4.08. The Morgan fingerprint density at radius 3 is 2.24 bits per heavy atom. The lowest BCUT2D eigenvalue weighted by Gasteiger charge is -2.20. The van der Waals surface area contributed by atoms with Gasteiger partial charge in [0.1, 0.15) is 5.60 Å². The van der Waals surface area contributed by atoms with Gasteiger partial charge < -0.3 is 10.1 Å². The molecule has 0 bridgehead atoms. The van der Waals surface area contributed by atoms with Crippen molar-refractivity contribution in [3.63, 3.8) is 0 Å². The fourth-order valence-electron chi connectivity index (χ4n) is 2.78. The number of rotatable bonds is 5. The number of ketones is 2. The molecule has 0 aromatic heterocycles. The van der Waals surface area contributed by atoms with E-state index >= 15 is 0 Å². The van der Waals surface area contributed by atoms with E-state index in [1.165, 1.54) is 0 Å². The fraction of sp³-hybridized carbons (Fsp3) is 0.450. The number of hydrogen-bond donors (Lipinski definition) is 1. The van der Waals surface area contributed by atoms with Crippen LogP contribution in [0, 0.1) is 0 Å². The summed E-state index contributed by atoms with van der Waals surface area (Å²) in [6, 6.07) is 6.93. The van der Waals surface area contributed by atoms with Crippen LogP contribution in [0.4, 0.5) is 4.79 Å². The Balaban J connectivity index is 1.87. The molecule has 0 aliphatic heterocycles. The largest absolute Gasteiger partial charge is 0.444 e. The molecular weight excluding hydrogens is 318 g/mol. The van der Waals surface area contributed by atoms with Crippen molar-refractivity contribution in [1.29, 1.82) is 0 Å². The lowest BCUT2D eigenvalue weighted by Crippen LogP contribution is -2.33. The summed E-state index contributed by atoms with van der Waals surface area (Å²) in [6.07, 6.45) is 1.50. The van der Waals surface area contributed by atoms with Gasteiger partial charge in [-0.1, -0.05) is 24.3 Å². The van der Waals surface area contributed by atoms with E-state index in [1.807, 2.05) is 20.8 Å². The molecule has 0 saturated heterocycles. The van der Waals surface area contributed by atoms with Crippen molar-refractivity contribution in [2.75, 3.05) is 6.54 Å². The molecule has 1 aliphatic carbocycles. The van der Waals surface area contributed by atoms with Crippen LogP contribution < -0.4 is 5.32 Å². The van der Waals surface area contributed by atoms with Gasteiger partial charge >= 0.3 is 6.09 Å². The first kappa shape index (κ1) is 18.9. The average Bonchev–Trinajstić information content (AvgIpc) is 2.53. The molecule has 0 heterocycles. The molecule has 1 aromatic rings. The Kier molecular flexibility index (Phi) is 5.77. The topological polar surface area (TPSA) is 72.5 Å². The minimum atomic E-state index is -0.520. The number of allylic oxidation sites excluding steroid dienone is 2. The van der Waals surface area contributed by atoms with Gasteiger partial charge in [0.2, 0.25) is 0 Å². The first-order valence-electron chi connectivity index (χ1n) is 8.56. The third kappa shape index (κ3) is 4.78. The molecule has 1 aliphatic rings. The van der Waals surface area contributed by atoms with Gasteiger partial charge in [-0.25, -0.2) is 4.79 Å². The lowest BCUT2D eigenvalue weighted by atomic mass is 9.83. The SMILES string of the molecule is CC1=C(CCCCNC(=O)OC(C)(C)C)C(=O)c2ccccc2C1=O. The fourth-order valence-corrected chi connectivity index (χ4v) is 2.78. The zero-order chi connectivity index (χ0) is 18.6. The highest BCUT2D eigenvalue weighted by Gasteiger charge is 2.28. The molecule has 1 aromatic carbocycles. The summed E-state index contributed by atoms with van der Waals surface area (Å²) in [5.74, 6) is -0.134. The molecule has 2 rings (SSSR count). The quantitative estimate of drug-likeness (QED) is 0.818. The normalized spacial score (nSPS) is 14.4. The van der Waals surface area contributed by atoms with E-state index in [0.717, 1.165) is 0 Å². The van der Waals surface area contributed by atoms with Crippen molar-refractivity contribution in [3.8, 4) is 0 Å². The Morgan fingerprint density at radius 2 is 1.64 bits per heavy atom. The summed E-state index contributed by atoms with van der Waals surface area (Å²) in [4.78, 5) is 36.6. The van der Waals surface area contributed by atoms with E-state index in [0.29, 0.717) is 48.1 Å². The van der Waals surface area contributed by atoms with E-state index < -0.39 is 11.7 Å². The Bertz CT molecular complexity index is 725. The molecular formula is C20H25NO4. The minimum Gasteiger partial charge on any atom is -0.444 e. The highest BCUT2D eigenvalue weighted by Crippen LogP contribution is 2.28. The van der Waals surface area contributed by atoms with Crippen LogP contribution in [0.15, 0.2) is 35.4 Å². The number of benzene rings is 1. The summed E-state index contributed by atoms with van der Waals surface area (Å²) < 4.78 is 5.16. The number of ether oxygens (including phenoxy) is 1. The van der Waals surface area contributed by atoms with Crippen molar-refractivity contribution < 1.29 is 19.1 Å². The number of amides is 1. The van der Waals surface area contributed by atoms with Crippen LogP contribution in [0.2, 0.25) is 0 Å². The van der Waals surface area contributed by atoms with Crippen molar-refractivity contribution in [2.45, 2.75) is 52.6 Å². The number of alkyl carbamates (subject to hydrolysis) is 1. The second-order valence-corrected chi connectivity index (χ2v) is 7.19. The second kappa shape index (κ2) is 7.64. The van der Waals surface area contributed by atoms with Crippen LogP contribution in [-0.4, -0.2) is 29.8 Å². The van der Waals surface area contributed by atoms with Crippen molar-refractivity contribution >= 4 is 17.7 Å². The summed E-state index contributed by atoms with van der Waals surface area (Å²) >= 11 is 0. The highest BCUT2D eigenvalue weighted by atomic mass is 16.6. The lowest BCUT2D eigenvalue weighted by molar-refractivity contribution is 0.0526. The predicted molar refractivity (Wildman–Crippen MR) is 95.9 cm³/mol. The van der Waals surface area contributed by atoms with Crippen LogP contribution in [0.25, 0.3) is 0 Å². The van der Waals surface area contributed by atoms with Crippen LogP contribution >= 0.6 is 0 Å². The molecule has 0 atom stereocenters. The van der Waals surface area contributed by atoms with E-state index in [1.54, 1.807) is 31.2 Å². The van der Waals surface area contributed by atoms with Crippen LogP contribution in [0.1, 0.15) is 67.7 Å². The summed E-state index contributed by atoms with van der Waals surface area (Å²) in [5.41, 5.74) is 1.57. The van der Waals surface area contributed by atoms with E-state index in [-0.39, 0.29) is 11.6 Å². The molecule has 5 nitrogen and oxygen atoms in total. The van der Waals surface area contributed by atoms with Gasteiger partial charge in [-0.15, -0.1) is 0 Å². The standard InChI is InChI=1S/C20H25NO4/c1-13-14(9-7-8-12-21-19(24)25-20(2,3)4)18(23)16-11-6-5-10-15(16)17(13)22/h5-6,10-11H,7-9,12H2,1-4H3,(H,21,24). The number of Topliss-reactive ketones (excluding diaryl/α,β-unsaturated/α-hetero) is 2. The number of unbranched alkanes of at least 4 members (excludes halogenated alkanes) is 1. The minimum absolute atomic E-state index is 0.0622. The number of fused-ring (bicyclic) bond motifs is 1. The Hall–Kier alpha value is -2.43. The Labute approximate surface area is 148 Å². The number of carbonyl (C=O) groups is 3. The molecule has 134 valence electrons. The van der Waals surface area contributed by atoms with Crippen molar-refractivity contribution in [1.82, 2.24) is 5.32 Å². The van der Waals surface area contributed by atoms with Crippen LogP contribution in [-0.2, 0) is 4.74 Å². The monoisotopic (exact) mass is 343 g/mol. The molecule has 0 saturated carbocycles. The van der Waals surface area contributed by atoms with Gasteiger partial charge in [-0.05, 0) is 47.0 Å². The summed E-state index contributed by atoms with van der Waals surface area (Å²) in [5, 5.41) is 2.69. The maximum Gasteiger partial charge on any atom is 0.407 e. The molecule has 1 N–H and O–H groups in total. The van der Waals surface area contributed by atoms with E-state index in [2.05, 4.69) is 5.32 Å². The maximum atomic E-state index is 12.6. The zero-order valence-corrected chi connectivity index (χ0v) is 15.3. The zero-order valence-electron chi connectivity index (χ0n) is 15.3. The number of hydrogen-bond acceptors (Lipinski definition) is 4. The molecule has 0 spiro atoms. The summed E-state index contributed by atoms with van der Waals surface area (Å²) in [7, 11) is 0. The van der Waals surface area contributed by atoms with Gasteiger partial charge in [0, 0.05) is 28.8 Å². The third-order valence-electron chi connectivity index (χ3n) is 4.01. The molecule has 5 heteroatoms. The molecule has 0 radical (unpaired) electrons.